The van der Waals surface area contributed by atoms with Crippen LogP contribution in [0.2, 0.25) is 0 Å². The molecule has 0 spiro atoms. The highest BCUT2D eigenvalue weighted by Crippen LogP contribution is 1.91. The third-order valence-electron chi connectivity index (χ3n) is 1.34. The van der Waals surface area contributed by atoms with Gasteiger partial charge in [0.15, 0.2) is 0 Å². The maximum atomic E-state index is 5.32. The summed E-state index contributed by atoms with van der Waals surface area (Å²) < 4.78 is 15.6. The minimum Gasteiger partial charge on any atom is -0.379 e. The molecule has 1 radical (unpaired) electrons. The molecule has 79 valence electrons. The maximum Gasteiger partial charge on any atom is 0.0701 e. The summed E-state index contributed by atoms with van der Waals surface area (Å²) in [4.78, 5) is 0. The molecule has 0 aliphatic rings. The molecule has 3 heteroatoms. The Morgan fingerprint density at radius 2 is 1.46 bits per heavy atom. The van der Waals surface area contributed by atoms with Crippen LogP contribution in [0.15, 0.2) is 0 Å². The first-order chi connectivity index (χ1) is 6.27. The molecule has 0 fully saturated rings. The van der Waals surface area contributed by atoms with Gasteiger partial charge in [0.25, 0.3) is 0 Å². The van der Waals surface area contributed by atoms with Gasteiger partial charge in [-0.2, -0.15) is 0 Å². The number of ether oxygens (including phenoxy) is 3. The van der Waals surface area contributed by atoms with Gasteiger partial charge in [0.1, 0.15) is 0 Å². The molecule has 0 aliphatic heterocycles. The molecule has 0 aromatic carbocycles. The molecular formula is C10H21O3. The minimum absolute atomic E-state index is 0.507. The van der Waals surface area contributed by atoms with Gasteiger partial charge < -0.3 is 14.2 Å². The van der Waals surface area contributed by atoms with Crippen LogP contribution in [0.25, 0.3) is 0 Å². The van der Waals surface area contributed by atoms with Crippen LogP contribution in [-0.2, 0) is 14.2 Å². The van der Waals surface area contributed by atoms with Crippen LogP contribution in [0.4, 0.5) is 0 Å². The molecular weight excluding hydrogens is 168 g/mol. The molecule has 0 saturated carbocycles. The fourth-order valence-electron chi connectivity index (χ4n) is 0.759. The van der Waals surface area contributed by atoms with E-state index in [1.54, 1.807) is 0 Å². The largest absolute Gasteiger partial charge is 0.379 e. The summed E-state index contributed by atoms with van der Waals surface area (Å²) in [5.41, 5.74) is 0. The van der Waals surface area contributed by atoms with Crippen molar-refractivity contribution in [1.82, 2.24) is 0 Å². The predicted octanol–water partition coefficient (Wildman–Crippen LogP) is 1.53. The van der Waals surface area contributed by atoms with E-state index < -0.39 is 0 Å². The van der Waals surface area contributed by atoms with E-state index in [-0.39, 0.29) is 0 Å². The Hall–Kier alpha value is -0.120. The standard InChI is InChI=1S/C10H21O3/c1-4-11-5-6-12-7-8-13-9-10(2)3/h10H,1,4-9H2,2-3H3. The van der Waals surface area contributed by atoms with Crippen molar-refractivity contribution in [2.75, 3.05) is 39.6 Å². The Kier molecular flexibility index (Phi) is 9.87. The zero-order chi connectivity index (χ0) is 9.94. The lowest BCUT2D eigenvalue weighted by molar-refractivity contribution is 0.0137. The molecule has 0 saturated heterocycles. The third-order valence-corrected chi connectivity index (χ3v) is 1.34. The lowest BCUT2D eigenvalue weighted by atomic mass is 10.2. The molecule has 0 heterocycles. The lowest BCUT2D eigenvalue weighted by Gasteiger charge is -2.07. The zero-order valence-corrected chi connectivity index (χ0v) is 8.75. The summed E-state index contributed by atoms with van der Waals surface area (Å²) in [5, 5.41) is 0. The van der Waals surface area contributed by atoms with Gasteiger partial charge in [0.05, 0.1) is 26.4 Å². The van der Waals surface area contributed by atoms with Gasteiger partial charge in [0.2, 0.25) is 0 Å². The summed E-state index contributed by atoms with van der Waals surface area (Å²) >= 11 is 0. The van der Waals surface area contributed by atoms with Crippen LogP contribution in [-0.4, -0.2) is 39.6 Å². The van der Waals surface area contributed by atoms with Gasteiger partial charge in [-0.05, 0) is 12.8 Å². The Morgan fingerprint density at radius 1 is 0.923 bits per heavy atom. The molecule has 0 atom stereocenters. The van der Waals surface area contributed by atoms with E-state index in [9.17, 15) is 0 Å². The van der Waals surface area contributed by atoms with Crippen molar-refractivity contribution in [2.45, 2.75) is 13.8 Å². The highest BCUT2D eigenvalue weighted by molar-refractivity contribution is 4.39. The van der Waals surface area contributed by atoms with E-state index in [0.29, 0.717) is 39.0 Å². The van der Waals surface area contributed by atoms with E-state index in [0.717, 1.165) is 6.61 Å². The molecule has 0 amide bonds. The summed E-state index contributed by atoms with van der Waals surface area (Å²) in [6, 6.07) is 0. The quantitative estimate of drug-likeness (QED) is 0.515. The lowest BCUT2D eigenvalue weighted by Crippen LogP contribution is -2.11. The average molecular weight is 189 g/mol. The van der Waals surface area contributed by atoms with E-state index in [1.807, 2.05) is 0 Å². The topological polar surface area (TPSA) is 27.7 Å². The zero-order valence-electron chi connectivity index (χ0n) is 8.75. The van der Waals surface area contributed by atoms with Crippen molar-refractivity contribution < 1.29 is 14.2 Å². The molecule has 0 unspecified atom stereocenters. The summed E-state index contributed by atoms with van der Waals surface area (Å²) in [5.74, 6) is 0.592. The first kappa shape index (κ1) is 12.9. The molecule has 0 bridgehead atoms. The van der Waals surface area contributed by atoms with Crippen LogP contribution in [0, 0.1) is 12.8 Å². The first-order valence-corrected chi connectivity index (χ1v) is 4.79. The maximum absolute atomic E-state index is 5.32. The molecule has 0 aliphatic carbocycles. The van der Waals surface area contributed by atoms with E-state index in [4.69, 9.17) is 14.2 Å². The molecule has 3 nitrogen and oxygen atoms in total. The second kappa shape index (κ2) is 9.96. The highest BCUT2D eigenvalue weighted by Gasteiger charge is 1.93. The van der Waals surface area contributed by atoms with E-state index in [1.165, 1.54) is 0 Å². The van der Waals surface area contributed by atoms with Gasteiger partial charge in [-0.25, -0.2) is 0 Å². The van der Waals surface area contributed by atoms with E-state index in [2.05, 4.69) is 20.8 Å². The van der Waals surface area contributed by atoms with Crippen LogP contribution in [0.5, 0.6) is 0 Å². The molecule has 0 aromatic heterocycles. The van der Waals surface area contributed by atoms with Crippen molar-refractivity contribution in [3.8, 4) is 0 Å². The molecule has 13 heavy (non-hydrogen) atoms. The number of hydrogen-bond acceptors (Lipinski definition) is 3. The Balaban J connectivity index is 2.84. The van der Waals surface area contributed by atoms with Crippen molar-refractivity contribution in [1.29, 1.82) is 0 Å². The van der Waals surface area contributed by atoms with Gasteiger partial charge >= 0.3 is 0 Å². The fraction of sp³-hybridized carbons (Fsp3) is 0.900. The van der Waals surface area contributed by atoms with Crippen molar-refractivity contribution >= 4 is 0 Å². The molecule has 0 aromatic rings. The highest BCUT2D eigenvalue weighted by atomic mass is 16.5. The van der Waals surface area contributed by atoms with Crippen molar-refractivity contribution in [3.63, 3.8) is 0 Å². The van der Waals surface area contributed by atoms with Crippen LogP contribution in [0.1, 0.15) is 13.8 Å². The molecule has 0 rings (SSSR count). The van der Waals surface area contributed by atoms with Gasteiger partial charge in [-0.15, -0.1) is 0 Å². The normalized spacial score (nSPS) is 11.1. The Labute approximate surface area is 81.4 Å². The van der Waals surface area contributed by atoms with Gasteiger partial charge in [0, 0.05) is 13.2 Å². The number of rotatable bonds is 9. The van der Waals surface area contributed by atoms with Gasteiger partial charge in [-0.1, -0.05) is 13.8 Å². The third kappa shape index (κ3) is 11.9. The van der Waals surface area contributed by atoms with Crippen LogP contribution < -0.4 is 0 Å². The van der Waals surface area contributed by atoms with Crippen LogP contribution in [0.3, 0.4) is 0 Å². The predicted molar refractivity (Wildman–Crippen MR) is 52.7 cm³/mol. The number of hydrogen-bond donors (Lipinski definition) is 0. The smallest absolute Gasteiger partial charge is 0.0701 e. The summed E-state index contributed by atoms with van der Waals surface area (Å²) in [6.45, 7) is 11.7. The monoisotopic (exact) mass is 189 g/mol. The van der Waals surface area contributed by atoms with Gasteiger partial charge in [-0.3, -0.25) is 0 Å². The Morgan fingerprint density at radius 3 is 2.00 bits per heavy atom. The summed E-state index contributed by atoms with van der Waals surface area (Å²) in [7, 11) is 0. The SMILES string of the molecule is [CH2]COCCOCCOCC(C)C. The first-order valence-electron chi connectivity index (χ1n) is 4.79. The van der Waals surface area contributed by atoms with Crippen molar-refractivity contribution in [2.24, 2.45) is 5.92 Å². The van der Waals surface area contributed by atoms with E-state index >= 15 is 0 Å². The minimum atomic E-state index is 0.507. The second-order valence-corrected chi connectivity index (χ2v) is 3.19. The Bertz CT molecular complexity index is 94.2. The van der Waals surface area contributed by atoms with Crippen LogP contribution >= 0.6 is 0 Å². The second-order valence-electron chi connectivity index (χ2n) is 3.19. The average Bonchev–Trinajstić information content (AvgIpc) is 2.09. The van der Waals surface area contributed by atoms with Crippen molar-refractivity contribution in [3.05, 3.63) is 6.92 Å². The summed E-state index contributed by atoms with van der Waals surface area (Å²) in [6.07, 6.45) is 0. The fourth-order valence-corrected chi connectivity index (χ4v) is 0.759. The molecule has 0 N–H and O–H groups in total.